The number of nitrogens with two attached hydrogens (primary N) is 1. The molecule has 0 radical (unpaired) electrons. The van der Waals surface area contributed by atoms with Crippen LogP contribution in [0, 0.1) is 0 Å². The maximum atomic E-state index is 11.5. The Morgan fingerprint density at radius 2 is 1.75 bits per heavy atom. The molecule has 122 valence electrons. The van der Waals surface area contributed by atoms with E-state index >= 15 is 0 Å². The number of esters is 1. The average molecular weight is 321 g/mol. The molecule has 0 amide bonds. The lowest BCUT2D eigenvalue weighted by Crippen LogP contribution is -2.06. The van der Waals surface area contributed by atoms with E-state index in [0.717, 1.165) is 29.1 Å². The second-order valence-corrected chi connectivity index (χ2v) is 5.58. The van der Waals surface area contributed by atoms with E-state index in [0.29, 0.717) is 12.1 Å². The molecule has 0 aliphatic heterocycles. The summed E-state index contributed by atoms with van der Waals surface area (Å²) < 4.78 is 6.81. The van der Waals surface area contributed by atoms with E-state index < -0.39 is 0 Å². The minimum Gasteiger partial charge on any atom is -0.465 e. The Kier molecular flexibility index (Phi) is 4.61. The summed E-state index contributed by atoms with van der Waals surface area (Å²) in [5.74, 6) is 0.657. The van der Waals surface area contributed by atoms with Gasteiger partial charge in [0.1, 0.15) is 5.82 Å². The van der Waals surface area contributed by atoms with Crippen molar-refractivity contribution in [1.82, 2.24) is 9.55 Å². The topological polar surface area (TPSA) is 70.1 Å². The summed E-state index contributed by atoms with van der Waals surface area (Å²) in [5, 5.41) is 0. The Morgan fingerprint density at radius 1 is 1.08 bits per heavy atom. The standard InChI is InChI=1S/C19H19N3O2/c1-24-19(23)16-6-2-15(3-7-16)13-22-11-10-21-18(22)12-14-4-8-17(20)9-5-14/h2-11H,12-13,20H2,1H3. The summed E-state index contributed by atoms with van der Waals surface area (Å²) in [4.78, 5) is 15.9. The number of benzene rings is 2. The van der Waals surface area contributed by atoms with Crippen LogP contribution in [-0.4, -0.2) is 22.6 Å². The highest BCUT2D eigenvalue weighted by Crippen LogP contribution is 2.13. The maximum Gasteiger partial charge on any atom is 0.337 e. The Morgan fingerprint density at radius 3 is 2.42 bits per heavy atom. The first-order chi connectivity index (χ1) is 11.7. The molecule has 5 nitrogen and oxygen atoms in total. The number of nitrogen functional groups attached to an aromatic ring is 1. The van der Waals surface area contributed by atoms with Crippen LogP contribution in [0.15, 0.2) is 60.9 Å². The number of hydrogen-bond acceptors (Lipinski definition) is 4. The quantitative estimate of drug-likeness (QED) is 0.579. The van der Waals surface area contributed by atoms with Gasteiger partial charge in [0.05, 0.1) is 12.7 Å². The summed E-state index contributed by atoms with van der Waals surface area (Å²) in [6, 6.07) is 15.2. The number of nitrogens with zero attached hydrogens (tertiary/aromatic N) is 2. The molecule has 0 saturated carbocycles. The van der Waals surface area contributed by atoms with Crippen molar-refractivity contribution in [2.45, 2.75) is 13.0 Å². The molecular formula is C19H19N3O2. The smallest absolute Gasteiger partial charge is 0.337 e. The molecule has 0 bridgehead atoms. The van der Waals surface area contributed by atoms with Crippen molar-refractivity contribution < 1.29 is 9.53 Å². The third kappa shape index (κ3) is 3.63. The highest BCUT2D eigenvalue weighted by Gasteiger charge is 2.07. The molecular weight excluding hydrogens is 302 g/mol. The number of carbonyl (C=O) groups excluding carboxylic acids is 1. The summed E-state index contributed by atoms with van der Waals surface area (Å²) >= 11 is 0. The van der Waals surface area contributed by atoms with Gasteiger partial charge in [-0.1, -0.05) is 24.3 Å². The molecule has 0 atom stereocenters. The SMILES string of the molecule is COC(=O)c1ccc(Cn2ccnc2Cc2ccc(N)cc2)cc1. The monoisotopic (exact) mass is 321 g/mol. The summed E-state index contributed by atoms with van der Waals surface area (Å²) in [7, 11) is 1.38. The lowest BCUT2D eigenvalue weighted by atomic mass is 10.1. The zero-order valence-electron chi connectivity index (χ0n) is 13.5. The van der Waals surface area contributed by atoms with Crippen LogP contribution >= 0.6 is 0 Å². The Bertz CT molecular complexity index is 821. The van der Waals surface area contributed by atoms with E-state index in [1.54, 1.807) is 18.3 Å². The third-order valence-electron chi connectivity index (χ3n) is 3.87. The van der Waals surface area contributed by atoms with Gasteiger partial charge in [-0.3, -0.25) is 0 Å². The minimum atomic E-state index is -0.326. The van der Waals surface area contributed by atoms with E-state index in [4.69, 9.17) is 10.5 Å². The van der Waals surface area contributed by atoms with Crippen molar-refractivity contribution in [2.75, 3.05) is 12.8 Å². The first-order valence-corrected chi connectivity index (χ1v) is 7.67. The lowest BCUT2D eigenvalue weighted by molar-refractivity contribution is 0.0600. The van der Waals surface area contributed by atoms with Gasteiger partial charge < -0.3 is 15.0 Å². The van der Waals surface area contributed by atoms with E-state index in [1.807, 2.05) is 42.6 Å². The van der Waals surface area contributed by atoms with Crippen LogP contribution in [0.1, 0.15) is 27.3 Å². The largest absolute Gasteiger partial charge is 0.465 e. The molecule has 0 aliphatic carbocycles. The molecule has 1 aromatic heterocycles. The van der Waals surface area contributed by atoms with Gasteiger partial charge in [0, 0.05) is 31.0 Å². The number of hydrogen-bond donors (Lipinski definition) is 1. The normalized spacial score (nSPS) is 10.5. The van der Waals surface area contributed by atoms with E-state index in [2.05, 4.69) is 9.55 Å². The predicted octanol–water partition coefficient (Wildman–Crippen LogP) is 2.89. The van der Waals surface area contributed by atoms with Gasteiger partial charge in [0.25, 0.3) is 0 Å². The molecule has 1 heterocycles. The molecule has 24 heavy (non-hydrogen) atoms. The number of imidazole rings is 1. The molecule has 0 spiro atoms. The van der Waals surface area contributed by atoms with Crippen LogP contribution in [0.25, 0.3) is 0 Å². The van der Waals surface area contributed by atoms with Gasteiger partial charge in [0.15, 0.2) is 0 Å². The highest BCUT2D eigenvalue weighted by atomic mass is 16.5. The van der Waals surface area contributed by atoms with Crippen LogP contribution in [0.2, 0.25) is 0 Å². The van der Waals surface area contributed by atoms with Crippen LogP contribution < -0.4 is 5.73 Å². The third-order valence-corrected chi connectivity index (χ3v) is 3.87. The van der Waals surface area contributed by atoms with Crippen LogP contribution in [0.5, 0.6) is 0 Å². The zero-order chi connectivity index (χ0) is 16.9. The molecule has 3 rings (SSSR count). The second kappa shape index (κ2) is 7.00. The van der Waals surface area contributed by atoms with Crippen molar-refractivity contribution in [3.63, 3.8) is 0 Å². The molecule has 3 aromatic rings. The van der Waals surface area contributed by atoms with Crippen LogP contribution in [0.4, 0.5) is 5.69 Å². The molecule has 0 aliphatic rings. The summed E-state index contributed by atoms with van der Waals surface area (Å²) in [6.07, 6.45) is 4.50. The minimum absolute atomic E-state index is 0.326. The Balaban J connectivity index is 1.73. The number of anilines is 1. The van der Waals surface area contributed by atoms with Gasteiger partial charge in [-0.05, 0) is 35.4 Å². The van der Waals surface area contributed by atoms with Gasteiger partial charge in [0.2, 0.25) is 0 Å². The fraction of sp³-hybridized carbons (Fsp3) is 0.158. The lowest BCUT2D eigenvalue weighted by Gasteiger charge is -2.09. The number of aromatic nitrogens is 2. The van der Waals surface area contributed by atoms with Gasteiger partial charge >= 0.3 is 5.97 Å². The fourth-order valence-electron chi connectivity index (χ4n) is 2.53. The first-order valence-electron chi connectivity index (χ1n) is 7.67. The predicted molar refractivity (Wildman–Crippen MR) is 92.8 cm³/mol. The van der Waals surface area contributed by atoms with Gasteiger partial charge in [-0.25, -0.2) is 9.78 Å². The Hall–Kier alpha value is -3.08. The van der Waals surface area contributed by atoms with Crippen LogP contribution in [0.3, 0.4) is 0 Å². The van der Waals surface area contributed by atoms with Crippen molar-refractivity contribution in [1.29, 1.82) is 0 Å². The number of methoxy groups -OCH3 is 1. The molecule has 2 N–H and O–H groups in total. The van der Waals surface area contributed by atoms with Crippen molar-refractivity contribution in [3.8, 4) is 0 Å². The molecule has 2 aromatic carbocycles. The fourth-order valence-corrected chi connectivity index (χ4v) is 2.53. The highest BCUT2D eigenvalue weighted by molar-refractivity contribution is 5.89. The molecule has 0 unspecified atom stereocenters. The average Bonchev–Trinajstić information content (AvgIpc) is 3.03. The van der Waals surface area contributed by atoms with Crippen molar-refractivity contribution in [3.05, 3.63) is 83.4 Å². The van der Waals surface area contributed by atoms with Crippen molar-refractivity contribution >= 4 is 11.7 Å². The second-order valence-electron chi connectivity index (χ2n) is 5.58. The zero-order valence-corrected chi connectivity index (χ0v) is 13.5. The number of carbonyl (C=O) groups is 1. The van der Waals surface area contributed by atoms with Crippen LogP contribution in [-0.2, 0) is 17.7 Å². The van der Waals surface area contributed by atoms with E-state index in [-0.39, 0.29) is 5.97 Å². The van der Waals surface area contributed by atoms with Gasteiger partial charge in [-0.15, -0.1) is 0 Å². The van der Waals surface area contributed by atoms with Gasteiger partial charge in [-0.2, -0.15) is 0 Å². The molecule has 0 fully saturated rings. The number of rotatable bonds is 5. The first kappa shape index (κ1) is 15.8. The number of ether oxygens (including phenoxy) is 1. The maximum absolute atomic E-state index is 11.5. The summed E-state index contributed by atoms with van der Waals surface area (Å²) in [5.41, 5.74) is 9.29. The van der Waals surface area contributed by atoms with Crippen molar-refractivity contribution in [2.24, 2.45) is 0 Å². The Labute approximate surface area is 140 Å². The molecule has 5 heteroatoms. The summed E-state index contributed by atoms with van der Waals surface area (Å²) in [6.45, 7) is 0.700. The van der Waals surface area contributed by atoms with E-state index in [1.165, 1.54) is 7.11 Å². The van der Waals surface area contributed by atoms with E-state index in [9.17, 15) is 4.79 Å². The molecule has 0 saturated heterocycles.